The predicted octanol–water partition coefficient (Wildman–Crippen LogP) is 4.77. The number of nitrogens with zero attached hydrogens (tertiary/aromatic N) is 3. The highest BCUT2D eigenvalue weighted by Crippen LogP contribution is 2.34. The Morgan fingerprint density at radius 1 is 1.17 bits per heavy atom. The van der Waals surface area contributed by atoms with Crippen LogP contribution in [0.5, 0.6) is 5.75 Å². The van der Waals surface area contributed by atoms with Gasteiger partial charge in [-0.3, -0.25) is 4.79 Å². The number of carbonyl (C=O) groups is 1. The third kappa shape index (κ3) is 6.39. The van der Waals surface area contributed by atoms with E-state index < -0.39 is 40.8 Å². The maximum absolute atomic E-state index is 13.9. The zero-order chi connectivity index (χ0) is 25.9. The molecule has 0 saturated carbocycles. The maximum atomic E-state index is 13.9. The number of aryl methyl sites for hydroxylation is 1. The number of amides is 1. The Balaban J connectivity index is 1.59. The molecular formula is C23H23F4N5O3S. The van der Waals surface area contributed by atoms with Crippen LogP contribution in [0, 0.1) is 12.7 Å². The Morgan fingerprint density at radius 2 is 1.92 bits per heavy atom. The van der Waals surface area contributed by atoms with Crippen molar-refractivity contribution in [3.8, 4) is 5.75 Å². The summed E-state index contributed by atoms with van der Waals surface area (Å²) in [4.78, 5) is 20.3. The lowest BCUT2D eigenvalue weighted by Gasteiger charge is -2.15. The number of anilines is 2. The first-order valence-corrected chi connectivity index (χ1v) is 12.9. The van der Waals surface area contributed by atoms with E-state index in [1.165, 1.54) is 12.4 Å². The molecule has 0 spiro atoms. The standard InChI is InChI=1S/C23H23F4N5O3S/c1-14-8-16(32-36(34)6-2-3-7-36)10-18-21(14)22(30-13-29-18)31-17-5-4-15(24)9-19(17)35-11-20(33)28-12-23(25,26)27/h4-5,8-10,13H,2-3,6-7,11-12H2,1H3,(H,28,33)(H,29,30,31). The molecule has 4 rings (SSSR count). The van der Waals surface area contributed by atoms with Crippen LogP contribution in [0.15, 0.2) is 41.0 Å². The van der Waals surface area contributed by atoms with Crippen molar-refractivity contribution in [2.45, 2.75) is 25.9 Å². The van der Waals surface area contributed by atoms with Gasteiger partial charge < -0.3 is 15.4 Å². The van der Waals surface area contributed by atoms with Gasteiger partial charge in [0.05, 0.1) is 26.6 Å². The monoisotopic (exact) mass is 525 g/mol. The molecule has 36 heavy (non-hydrogen) atoms. The molecule has 2 aromatic carbocycles. The van der Waals surface area contributed by atoms with Crippen LogP contribution in [-0.2, 0) is 14.5 Å². The number of nitrogens with one attached hydrogen (secondary N) is 2. The van der Waals surface area contributed by atoms with Crippen LogP contribution in [0.2, 0.25) is 0 Å². The molecule has 8 nitrogen and oxygen atoms in total. The first-order valence-electron chi connectivity index (χ1n) is 11.0. The summed E-state index contributed by atoms with van der Waals surface area (Å²) >= 11 is 0. The molecule has 1 aromatic heterocycles. The zero-order valence-electron chi connectivity index (χ0n) is 19.2. The molecule has 0 radical (unpaired) electrons. The molecule has 1 amide bonds. The van der Waals surface area contributed by atoms with E-state index in [4.69, 9.17) is 4.74 Å². The lowest BCUT2D eigenvalue weighted by atomic mass is 10.1. The summed E-state index contributed by atoms with van der Waals surface area (Å²) in [6.45, 7) is -0.425. The Kier molecular flexibility index (Phi) is 7.29. The number of fused-ring (bicyclic) bond motifs is 1. The van der Waals surface area contributed by atoms with Gasteiger partial charge in [-0.25, -0.2) is 18.6 Å². The van der Waals surface area contributed by atoms with Crippen LogP contribution >= 0.6 is 0 Å². The molecule has 0 unspecified atom stereocenters. The van der Waals surface area contributed by atoms with Crippen molar-refractivity contribution < 1.29 is 31.3 Å². The second kappa shape index (κ2) is 10.2. The molecular weight excluding hydrogens is 502 g/mol. The number of alkyl halides is 3. The van der Waals surface area contributed by atoms with Crippen LogP contribution in [-0.4, -0.2) is 50.9 Å². The van der Waals surface area contributed by atoms with Crippen LogP contribution in [0.25, 0.3) is 10.9 Å². The Bertz CT molecular complexity index is 1410. The number of rotatable bonds is 7. The van der Waals surface area contributed by atoms with E-state index in [-0.39, 0.29) is 11.4 Å². The Morgan fingerprint density at radius 3 is 2.64 bits per heavy atom. The zero-order valence-corrected chi connectivity index (χ0v) is 20.0. The number of hydrogen-bond donors (Lipinski definition) is 2. The molecule has 1 aliphatic rings. The van der Waals surface area contributed by atoms with Gasteiger partial charge in [-0.2, -0.15) is 17.5 Å². The normalized spacial score (nSPS) is 15.0. The van der Waals surface area contributed by atoms with Crippen LogP contribution in [0.4, 0.5) is 34.8 Å². The largest absolute Gasteiger partial charge is 0.481 e. The molecule has 3 aromatic rings. The number of hydrogen-bond acceptors (Lipinski definition) is 7. The quantitative estimate of drug-likeness (QED) is 0.431. The average Bonchev–Trinajstić information content (AvgIpc) is 3.23. The van der Waals surface area contributed by atoms with Gasteiger partial charge in [0.2, 0.25) is 0 Å². The molecule has 192 valence electrons. The summed E-state index contributed by atoms with van der Waals surface area (Å²) in [6.07, 6.45) is -1.47. The van der Waals surface area contributed by atoms with Crippen molar-refractivity contribution in [1.29, 1.82) is 0 Å². The summed E-state index contributed by atoms with van der Waals surface area (Å²) in [6, 6.07) is 7.02. The van der Waals surface area contributed by atoms with E-state index >= 15 is 0 Å². The van der Waals surface area contributed by atoms with Crippen molar-refractivity contribution in [2.75, 3.05) is 30.0 Å². The van der Waals surface area contributed by atoms with E-state index in [1.54, 1.807) is 17.4 Å². The molecule has 0 atom stereocenters. The number of benzene rings is 2. The van der Waals surface area contributed by atoms with Gasteiger partial charge in [-0.15, -0.1) is 0 Å². The SMILES string of the molecule is Cc1cc(N=S2(=O)CCCC2)cc2ncnc(Nc3ccc(F)cc3OCC(=O)NCC(F)(F)F)c12. The fraction of sp³-hybridized carbons (Fsp3) is 0.348. The summed E-state index contributed by atoms with van der Waals surface area (Å²) in [5.41, 5.74) is 2.10. The minimum Gasteiger partial charge on any atom is -0.481 e. The fourth-order valence-corrected chi connectivity index (χ4v) is 5.99. The van der Waals surface area contributed by atoms with Crippen LogP contribution < -0.4 is 15.4 Å². The molecule has 0 aliphatic carbocycles. The average molecular weight is 526 g/mol. The van der Waals surface area contributed by atoms with Crippen LogP contribution in [0.3, 0.4) is 0 Å². The summed E-state index contributed by atoms with van der Waals surface area (Å²) in [7, 11) is -2.27. The highest BCUT2D eigenvalue weighted by Gasteiger charge is 2.27. The van der Waals surface area contributed by atoms with Gasteiger partial charge in [0.25, 0.3) is 5.91 Å². The van der Waals surface area contributed by atoms with Crippen molar-refractivity contribution in [3.63, 3.8) is 0 Å². The van der Waals surface area contributed by atoms with Gasteiger partial charge in [0.1, 0.15) is 30.3 Å². The van der Waals surface area contributed by atoms with Gasteiger partial charge >= 0.3 is 6.18 Å². The van der Waals surface area contributed by atoms with Gasteiger partial charge in [0, 0.05) is 23.0 Å². The second-order valence-corrected chi connectivity index (χ2v) is 10.8. The summed E-state index contributed by atoms with van der Waals surface area (Å²) in [5, 5.41) is 5.35. The molecule has 2 heterocycles. The van der Waals surface area contributed by atoms with Crippen molar-refractivity contribution >= 4 is 43.7 Å². The maximum Gasteiger partial charge on any atom is 0.405 e. The number of aromatic nitrogens is 2. The minimum atomic E-state index is -4.56. The van der Waals surface area contributed by atoms with Gasteiger partial charge in [0.15, 0.2) is 6.61 Å². The molecule has 1 aliphatic heterocycles. The smallest absolute Gasteiger partial charge is 0.405 e. The van der Waals surface area contributed by atoms with E-state index in [0.29, 0.717) is 33.9 Å². The highest BCUT2D eigenvalue weighted by molar-refractivity contribution is 7.93. The fourth-order valence-electron chi connectivity index (χ4n) is 3.80. The Labute approximate surface area is 204 Å². The third-order valence-electron chi connectivity index (χ3n) is 5.41. The molecule has 0 bridgehead atoms. The summed E-state index contributed by atoms with van der Waals surface area (Å²) in [5.74, 6) is -0.270. The molecule has 1 fully saturated rings. The minimum absolute atomic E-state index is 0.0914. The lowest BCUT2D eigenvalue weighted by molar-refractivity contribution is -0.139. The van der Waals surface area contributed by atoms with Crippen molar-refractivity contribution in [3.05, 3.63) is 48.0 Å². The van der Waals surface area contributed by atoms with Gasteiger partial charge in [-0.1, -0.05) is 0 Å². The molecule has 1 saturated heterocycles. The molecule has 13 heteroatoms. The molecule has 2 N–H and O–H groups in total. The van der Waals surface area contributed by atoms with E-state index in [1.807, 2.05) is 6.92 Å². The van der Waals surface area contributed by atoms with E-state index in [2.05, 4.69) is 19.6 Å². The highest BCUT2D eigenvalue weighted by atomic mass is 32.2. The summed E-state index contributed by atoms with van der Waals surface area (Å²) < 4.78 is 73.4. The van der Waals surface area contributed by atoms with E-state index in [0.717, 1.165) is 30.5 Å². The first kappa shape index (κ1) is 25.6. The predicted molar refractivity (Wildman–Crippen MR) is 128 cm³/mol. The third-order valence-corrected chi connectivity index (χ3v) is 7.81. The van der Waals surface area contributed by atoms with Crippen LogP contribution in [0.1, 0.15) is 18.4 Å². The van der Waals surface area contributed by atoms with Crippen molar-refractivity contribution in [1.82, 2.24) is 15.3 Å². The first-order chi connectivity index (χ1) is 17.0. The van der Waals surface area contributed by atoms with Gasteiger partial charge in [-0.05, 0) is 49.6 Å². The Hall–Kier alpha value is -3.48. The topological polar surface area (TPSA) is 106 Å². The van der Waals surface area contributed by atoms with Crippen molar-refractivity contribution in [2.24, 2.45) is 4.36 Å². The number of ether oxygens (including phenoxy) is 1. The lowest BCUT2D eigenvalue weighted by Crippen LogP contribution is -2.36. The number of carbonyl (C=O) groups excluding carboxylic acids is 1. The number of halogens is 4. The second-order valence-electron chi connectivity index (χ2n) is 8.30. The van der Waals surface area contributed by atoms with E-state index in [9.17, 15) is 26.6 Å².